The molecule has 2 saturated heterocycles. The summed E-state index contributed by atoms with van der Waals surface area (Å²) in [6.45, 7) is 2.53. The van der Waals surface area contributed by atoms with Crippen LogP contribution in [0.5, 0.6) is 0 Å². The molecule has 22 heavy (non-hydrogen) atoms. The number of hydrogen-bond donors (Lipinski definition) is 2. The highest BCUT2D eigenvalue weighted by molar-refractivity contribution is 5.78. The van der Waals surface area contributed by atoms with Gasteiger partial charge in [-0.05, 0) is 45.2 Å². The number of carbonyl (C=O) groups excluding carboxylic acids is 1. The number of nitrogens with one attached hydrogen (secondary N) is 2. The number of carbonyl (C=O) groups is 1. The maximum Gasteiger partial charge on any atom is 0.234 e. The van der Waals surface area contributed by atoms with E-state index in [1.54, 1.807) is 0 Å². The molecular weight excluding hydrogens is 274 g/mol. The third-order valence-electron chi connectivity index (χ3n) is 5.14. The van der Waals surface area contributed by atoms with Crippen molar-refractivity contribution < 1.29 is 4.79 Å². The summed E-state index contributed by atoms with van der Waals surface area (Å²) >= 11 is 0. The fourth-order valence-corrected chi connectivity index (χ4v) is 3.85. The summed E-state index contributed by atoms with van der Waals surface area (Å²) in [6, 6.07) is 12.1. The van der Waals surface area contributed by atoms with Gasteiger partial charge in [-0.15, -0.1) is 0 Å². The smallest absolute Gasteiger partial charge is 0.234 e. The van der Waals surface area contributed by atoms with E-state index in [9.17, 15) is 4.79 Å². The molecule has 4 nitrogen and oxygen atoms in total. The Bertz CT molecular complexity index is 492. The highest BCUT2D eigenvalue weighted by atomic mass is 16.2. The number of benzene rings is 1. The number of hydrogen-bond acceptors (Lipinski definition) is 3. The Morgan fingerprint density at radius 1 is 1.27 bits per heavy atom. The monoisotopic (exact) mass is 301 g/mol. The molecule has 2 heterocycles. The summed E-state index contributed by atoms with van der Waals surface area (Å²) in [4.78, 5) is 14.5. The van der Waals surface area contributed by atoms with Crippen LogP contribution in [0, 0.1) is 0 Å². The van der Waals surface area contributed by atoms with Gasteiger partial charge >= 0.3 is 0 Å². The molecule has 4 heteroatoms. The molecule has 0 saturated carbocycles. The standard InChI is InChI=1S/C18H27N3O/c1-13(14-6-4-3-5-7-14)19-18(22)12-21(2)17-10-15-8-9-16(11-17)20-15/h3-7,13,15-17,20H,8-12H2,1-2H3,(H,19,22). The van der Waals surface area contributed by atoms with E-state index in [1.165, 1.54) is 25.7 Å². The number of piperidine rings is 1. The van der Waals surface area contributed by atoms with E-state index < -0.39 is 0 Å². The van der Waals surface area contributed by atoms with E-state index in [2.05, 4.69) is 34.7 Å². The molecule has 2 aliphatic heterocycles. The van der Waals surface area contributed by atoms with Crippen molar-refractivity contribution in [3.63, 3.8) is 0 Å². The van der Waals surface area contributed by atoms with Crippen LogP contribution in [0.15, 0.2) is 30.3 Å². The van der Waals surface area contributed by atoms with Crippen molar-refractivity contribution in [1.82, 2.24) is 15.5 Å². The molecule has 2 fully saturated rings. The lowest BCUT2D eigenvalue weighted by Gasteiger charge is -2.35. The highest BCUT2D eigenvalue weighted by Crippen LogP contribution is 2.29. The van der Waals surface area contributed by atoms with Crippen molar-refractivity contribution >= 4 is 5.91 Å². The zero-order valence-corrected chi connectivity index (χ0v) is 13.6. The minimum absolute atomic E-state index is 0.0614. The van der Waals surface area contributed by atoms with Crippen molar-refractivity contribution in [1.29, 1.82) is 0 Å². The summed E-state index contributed by atoms with van der Waals surface area (Å²) in [6.07, 6.45) is 4.95. The van der Waals surface area contributed by atoms with Gasteiger partial charge in [-0.1, -0.05) is 30.3 Å². The molecule has 3 rings (SSSR count). The van der Waals surface area contributed by atoms with Gasteiger partial charge in [-0.25, -0.2) is 0 Å². The molecule has 0 radical (unpaired) electrons. The largest absolute Gasteiger partial charge is 0.348 e. The van der Waals surface area contributed by atoms with E-state index >= 15 is 0 Å². The van der Waals surface area contributed by atoms with Crippen LogP contribution in [-0.4, -0.2) is 42.5 Å². The maximum absolute atomic E-state index is 12.3. The van der Waals surface area contributed by atoms with Crippen LogP contribution in [0.3, 0.4) is 0 Å². The molecule has 0 aliphatic carbocycles. The van der Waals surface area contributed by atoms with Gasteiger partial charge in [0.25, 0.3) is 0 Å². The third kappa shape index (κ3) is 3.68. The number of rotatable bonds is 5. The topological polar surface area (TPSA) is 44.4 Å². The predicted molar refractivity (Wildman–Crippen MR) is 88.6 cm³/mol. The van der Waals surface area contributed by atoms with Gasteiger partial charge < -0.3 is 10.6 Å². The molecule has 2 N–H and O–H groups in total. The van der Waals surface area contributed by atoms with Crippen LogP contribution in [0.1, 0.15) is 44.2 Å². The average molecular weight is 301 g/mol. The first-order valence-electron chi connectivity index (χ1n) is 8.42. The first-order chi connectivity index (χ1) is 10.6. The lowest BCUT2D eigenvalue weighted by Crippen LogP contribution is -2.49. The zero-order chi connectivity index (χ0) is 15.5. The number of amides is 1. The molecular formula is C18H27N3O. The highest BCUT2D eigenvalue weighted by Gasteiger charge is 2.35. The van der Waals surface area contributed by atoms with Gasteiger partial charge in [-0.2, -0.15) is 0 Å². The third-order valence-corrected chi connectivity index (χ3v) is 5.14. The number of likely N-dealkylation sites (N-methyl/N-ethyl adjacent to an activating group) is 1. The van der Waals surface area contributed by atoms with Crippen molar-refractivity contribution in [2.24, 2.45) is 0 Å². The Balaban J connectivity index is 1.49. The Kier molecular flexibility index (Phi) is 4.79. The van der Waals surface area contributed by atoms with Crippen LogP contribution in [0.4, 0.5) is 0 Å². The minimum atomic E-state index is 0.0614. The van der Waals surface area contributed by atoms with Crippen molar-refractivity contribution in [2.75, 3.05) is 13.6 Å². The van der Waals surface area contributed by atoms with Gasteiger partial charge in [0, 0.05) is 18.1 Å². The van der Waals surface area contributed by atoms with Crippen molar-refractivity contribution in [3.8, 4) is 0 Å². The molecule has 3 unspecified atom stereocenters. The van der Waals surface area contributed by atoms with Gasteiger partial charge in [0.15, 0.2) is 0 Å². The van der Waals surface area contributed by atoms with Crippen LogP contribution in [-0.2, 0) is 4.79 Å². The Hall–Kier alpha value is -1.39. The second-order valence-electron chi connectivity index (χ2n) is 6.88. The van der Waals surface area contributed by atoms with Crippen LogP contribution < -0.4 is 10.6 Å². The molecule has 120 valence electrons. The summed E-state index contributed by atoms with van der Waals surface area (Å²) in [5.41, 5.74) is 1.15. The van der Waals surface area contributed by atoms with E-state index in [0.29, 0.717) is 24.7 Å². The summed E-state index contributed by atoms with van der Waals surface area (Å²) in [5.74, 6) is 0.115. The van der Waals surface area contributed by atoms with Crippen LogP contribution in [0.2, 0.25) is 0 Å². The summed E-state index contributed by atoms with van der Waals surface area (Å²) in [7, 11) is 2.09. The molecule has 2 bridgehead atoms. The SMILES string of the molecule is CC(NC(=O)CN(C)C1CC2CCC(C1)N2)c1ccccc1. The zero-order valence-electron chi connectivity index (χ0n) is 13.6. The molecule has 0 spiro atoms. The lowest BCUT2D eigenvalue weighted by molar-refractivity contribution is -0.123. The fraction of sp³-hybridized carbons (Fsp3) is 0.611. The first-order valence-corrected chi connectivity index (χ1v) is 8.42. The fourth-order valence-electron chi connectivity index (χ4n) is 3.85. The molecule has 1 aromatic rings. The molecule has 1 amide bonds. The minimum Gasteiger partial charge on any atom is -0.348 e. The second kappa shape index (κ2) is 6.80. The van der Waals surface area contributed by atoms with Crippen molar-refractivity contribution in [2.45, 2.75) is 56.8 Å². The molecule has 0 aromatic heterocycles. The Morgan fingerprint density at radius 2 is 1.91 bits per heavy atom. The van der Waals surface area contributed by atoms with Gasteiger partial charge in [0.05, 0.1) is 12.6 Å². The number of fused-ring (bicyclic) bond motifs is 2. The summed E-state index contributed by atoms with van der Waals surface area (Å²) < 4.78 is 0. The first kappa shape index (κ1) is 15.5. The summed E-state index contributed by atoms with van der Waals surface area (Å²) in [5, 5.41) is 6.76. The van der Waals surface area contributed by atoms with Crippen LogP contribution >= 0.6 is 0 Å². The number of nitrogens with zero attached hydrogens (tertiary/aromatic N) is 1. The van der Waals surface area contributed by atoms with E-state index in [0.717, 1.165) is 5.56 Å². The molecule has 3 atom stereocenters. The molecule has 1 aromatic carbocycles. The van der Waals surface area contributed by atoms with Gasteiger partial charge in [-0.3, -0.25) is 9.69 Å². The Morgan fingerprint density at radius 3 is 2.55 bits per heavy atom. The van der Waals surface area contributed by atoms with Crippen LogP contribution in [0.25, 0.3) is 0 Å². The Labute approximate surface area is 133 Å². The molecule has 2 aliphatic rings. The quantitative estimate of drug-likeness (QED) is 0.875. The van der Waals surface area contributed by atoms with E-state index in [1.807, 2.05) is 25.1 Å². The van der Waals surface area contributed by atoms with Gasteiger partial charge in [0.1, 0.15) is 0 Å². The predicted octanol–water partition coefficient (Wildman–Crippen LogP) is 2.08. The van der Waals surface area contributed by atoms with Gasteiger partial charge in [0.2, 0.25) is 5.91 Å². The van der Waals surface area contributed by atoms with E-state index in [4.69, 9.17) is 0 Å². The van der Waals surface area contributed by atoms with E-state index in [-0.39, 0.29) is 11.9 Å². The second-order valence-corrected chi connectivity index (χ2v) is 6.88. The average Bonchev–Trinajstić information content (AvgIpc) is 2.86. The lowest BCUT2D eigenvalue weighted by atomic mass is 9.98. The maximum atomic E-state index is 12.3. The van der Waals surface area contributed by atoms with Crippen molar-refractivity contribution in [3.05, 3.63) is 35.9 Å². The normalized spacial score (nSPS) is 28.6.